The number of nitrogens with zero attached hydrogens (tertiary/aromatic N) is 3. The first kappa shape index (κ1) is 30.5. The second-order valence-corrected chi connectivity index (χ2v) is 14.5. The van der Waals surface area contributed by atoms with Crippen molar-refractivity contribution in [2.75, 3.05) is 9.80 Å². The van der Waals surface area contributed by atoms with Crippen LogP contribution >= 0.6 is 0 Å². The van der Waals surface area contributed by atoms with Crippen molar-refractivity contribution in [2.45, 2.75) is 32.6 Å². The number of hydrogen-bond donors (Lipinski definition) is 0. The van der Waals surface area contributed by atoms with Crippen LogP contribution in [-0.4, -0.2) is 4.98 Å². The van der Waals surface area contributed by atoms with Gasteiger partial charge in [0.2, 0.25) is 0 Å². The van der Waals surface area contributed by atoms with Crippen LogP contribution in [-0.2, 0) is 5.41 Å². The maximum absolute atomic E-state index is 6.39. The fourth-order valence-corrected chi connectivity index (χ4v) is 8.20. The SMILES string of the molecule is CC1CC=CC2=C1Oc1ccccc1N2c1ccc(C=Cc2ccc3c(c2)C(C)(C)c2cc(N4c5ccccc5Oc5ccccc54)ccc2-3)nc1. The Hall–Kier alpha value is -6.33. The summed E-state index contributed by atoms with van der Waals surface area (Å²) in [6.45, 7) is 6.89. The highest BCUT2D eigenvalue weighted by Crippen LogP contribution is 2.54. The Kier molecular flexibility index (Phi) is 6.81. The number of pyridine rings is 1. The highest BCUT2D eigenvalue weighted by Gasteiger charge is 2.37. The lowest BCUT2D eigenvalue weighted by atomic mass is 9.81. The van der Waals surface area contributed by atoms with Gasteiger partial charge < -0.3 is 19.3 Å². The molecule has 52 heavy (non-hydrogen) atoms. The highest BCUT2D eigenvalue weighted by atomic mass is 16.5. The summed E-state index contributed by atoms with van der Waals surface area (Å²) >= 11 is 0. The van der Waals surface area contributed by atoms with Crippen LogP contribution in [0, 0.1) is 5.92 Å². The third-order valence-electron chi connectivity index (χ3n) is 10.9. The van der Waals surface area contributed by atoms with Crippen LogP contribution in [0.1, 0.15) is 49.6 Å². The van der Waals surface area contributed by atoms with E-state index in [0.29, 0.717) is 5.92 Å². The molecule has 2 aliphatic heterocycles. The molecule has 5 aromatic carbocycles. The Morgan fingerprint density at radius 3 is 1.96 bits per heavy atom. The van der Waals surface area contributed by atoms with Crippen LogP contribution in [0.4, 0.5) is 28.4 Å². The molecule has 2 aliphatic carbocycles. The number of fused-ring (bicyclic) bond motifs is 6. The lowest BCUT2D eigenvalue weighted by Gasteiger charge is -2.36. The zero-order valence-corrected chi connectivity index (χ0v) is 29.4. The van der Waals surface area contributed by atoms with E-state index in [-0.39, 0.29) is 5.41 Å². The maximum atomic E-state index is 6.39. The van der Waals surface area contributed by atoms with E-state index in [9.17, 15) is 0 Å². The smallest absolute Gasteiger partial charge is 0.151 e. The van der Waals surface area contributed by atoms with Gasteiger partial charge in [-0.25, -0.2) is 0 Å². The van der Waals surface area contributed by atoms with E-state index in [0.717, 1.165) is 74.8 Å². The van der Waals surface area contributed by atoms with Gasteiger partial charge in [-0.05, 0) is 107 Å². The number of aromatic nitrogens is 1. The van der Waals surface area contributed by atoms with Crippen molar-refractivity contribution in [3.63, 3.8) is 0 Å². The molecule has 5 heteroatoms. The number of para-hydroxylation sites is 6. The first-order valence-electron chi connectivity index (χ1n) is 18.0. The molecule has 252 valence electrons. The van der Waals surface area contributed by atoms with E-state index in [1.54, 1.807) is 0 Å². The minimum absolute atomic E-state index is 0.178. The Morgan fingerprint density at radius 2 is 1.27 bits per heavy atom. The summed E-state index contributed by atoms with van der Waals surface area (Å²) in [5.41, 5.74) is 13.4. The zero-order chi connectivity index (χ0) is 35.0. The van der Waals surface area contributed by atoms with Crippen LogP contribution < -0.4 is 19.3 Å². The molecule has 0 saturated carbocycles. The molecule has 1 unspecified atom stereocenters. The molecule has 4 aliphatic rings. The predicted octanol–water partition coefficient (Wildman–Crippen LogP) is 12.5. The van der Waals surface area contributed by atoms with Crippen LogP contribution in [0.15, 0.2) is 151 Å². The molecule has 0 spiro atoms. The second kappa shape index (κ2) is 11.6. The summed E-state index contributed by atoms with van der Waals surface area (Å²) in [7, 11) is 0. The van der Waals surface area contributed by atoms with Gasteiger partial charge in [0, 0.05) is 17.0 Å². The summed E-state index contributed by atoms with van der Waals surface area (Å²) in [4.78, 5) is 9.48. The lowest BCUT2D eigenvalue weighted by molar-refractivity contribution is 0.342. The van der Waals surface area contributed by atoms with E-state index in [2.05, 4.69) is 140 Å². The summed E-state index contributed by atoms with van der Waals surface area (Å²) < 4.78 is 12.7. The summed E-state index contributed by atoms with van der Waals surface area (Å²) in [5.74, 6) is 3.93. The van der Waals surface area contributed by atoms with Crippen LogP contribution in [0.25, 0.3) is 23.3 Å². The Balaban J connectivity index is 0.943. The predicted molar refractivity (Wildman–Crippen MR) is 211 cm³/mol. The minimum atomic E-state index is -0.178. The van der Waals surface area contributed by atoms with Crippen molar-refractivity contribution in [3.05, 3.63) is 174 Å². The number of hydrogen-bond acceptors (Lipinski definition) is 5. The second-order valence-electron chi connectivity index (χ2n) is 14.5. The van der Waals surface area contributed by atoms with E-state index in [4.69, 9.17) is 14.5 Å². The molecule has 1 atom stereocenters. The van der Waals surface area contributed by atoms with Gasteiger partial charge in [0.25, 0.3) is 0 Å². The topological polar surface area (TPSA) is 37.8 Å². The molecule has 0 fully saturated rings. The third kappa shape index (κ3) is 4.73. The summed E-state index contributed by atoms with van der Waals surface area (Å²) in [6.07, 6.45) is 11.6. The quantitative estimate of drug-likeness (QED) is 0.186. The molecular weight excluding hydrogens is 639 g/mol. The standard InChI is InChI=1S/C47H37N3O2/c1-30-11-10-15-42-46(30)52-45-18-9-6-14-41(45)50(42)34-23-22-32(48-29-34)21-19-31-20-25-35-36-26-24-33(28-38(36)47(2,3)37(35)27-31)49-39-12-4-7-16-43(39)51-44-17-8-5-13-40(44)49/h4-10,12-30H,11H2,1-3H3. The van der Waals surface area contributed by atoms with Crippen LogP contribution in [0.3, 0.4) is 0 Å². The van der Waals surface area contributed by atoms with Gasteiger partial charge in [0.1, 0.15) is 5.76 Å². The molecule has 0 bridgehead atoms. The fourth-order valence-electron chi connectivity index (χ4n) is 8.20. The average Bonchev–Trinajstić information content (AvgIpc) is 3.40. The van der Waals surface area contributed by atoms with Gasteiger partial charge in [-0.1, -0.05) is 93.6 Å². The van der Waals surface area contributed by atoms with Crippen molar-refractivity contribution < 1.29 is 9.47 Å². The largest absolute Gasteiger partial charge is 0.457 e. The monoisotopic (exact) mass is 675 g/mol. The van der Waals surface area contributed by atoms with E-state index in [1.807, 2.05) is 42.6 Å². The van der Waals surface area contributed by atoms with Gasteiger partial charge in [-0.2, -0.15) is 0 Å². The van der Waals surface area contributed by atoms with E-state index >= 15 is 0 Å². The lowest BCUT2D eigenvalue weighted by Crippen LogP contribution is -2.27. The zero-order valence-electron chi connectivity index (χ0n) is 29.4. The molecule has 6 aromatic rings. The first-order chi connectivity index (χ1) is 25.4. The fraction of sp³-hybridized carbons (Fsp3) is 0.128. The van der Waals surface area contributed by atoms with E-state index in [1.165, 1.54) is 22.3 Å². The highest BCUT2D eigenvalue weighted by molar-refractivity contribution is 5.90. The molecule has 5 nitrogen and oxygen atoms in total. The molecule has 10 rings (SSSR count). The number of anilines is 5. The normalized spacial score (nSPS) is 17.4. The van der Waals surface area contributed by atoms with Gasteiger partial charge in [0.05, 0.1) is 40.3 Å². The summed E-state index contributed by atoms with van der Waals surface area (Å²) in [6, 6.07) is 42.7. The first-order valence-corrected chi connectivity index (χ1v) is 18.0. The van der Waals surface area contributed by atoms with E-state index < -0.39 is 0 Å². The number of allylic oxidation sites excluding steroid dienone is 3. The van der Waals surface area contributed by atoms with Crippen LogP contribution in [0.5, 0.6) is 17.2 Å². The van der Waals surface area contributed by atoms with Crippen molar-refractivity contribution in [3.8, 4) is 28.4 Å². The molecule has 0 radical (unpaired) electrons. The van der Waals surface area contributed by atoms with Crippen molar-refractivity contribution in [1.29, 1.82) is 0 Å². The Labute approximate surface area is 304 Å². The van der Waals surface area contributed by atoms with Gasteiger partial charge >= 0.3 is 0 Å². The average molecular weight is 676 g/mol. The molecule has 0 saturated heterocycles. The van der Waals surface area contributed by atoms with Crippen molar-refractivity contribution in [2.24, 2.45) is 5.92 Å². The molecule has 0 amide bonds. The van der Waals surface area contributed by atoms with Crippen LogP contribution in [0.2, 0.25) is 0 Å². The Morgan fingerprint density at radius 1 is 0.654 bits per heavy atom. The molecular formula is C47H37N3O2. The van der Waals surface area contributed by atoms with Crippen molar-refractivity contribution in [1.82, 2.24) is 4.98 Å². The number of ether oxygens (including phenoxy) is 2. The van der Waals surface area contributed by atoms with Gasteiger partial charge in [-0.15, -0.1) is 0 Å². The van der Waals surface area contributed by atoms with Gasteiger partial charge in [0.15, 0.2) is 17.2 Å². The minimum Gasteiger partial charge on any atom is -0.457 e. The number of benzene rings is 5. The summed E-state index contributed by atoms with van der Waals surface area (Å²) in [5, 5.41) is 0. The number of rotatable bonds is 4. The van der Waals surface area contributed by atoms with Gasteiger partial charge in [-0.3, -0.25) is 4.98 Å². The Bertz CT molecular complexity index is 2460. The molecule has 3 heterocycles. The molecule has 1 aromatic heterocycles. The maximum Gasteiger partial charge on any atom is 0.151 e. The third-order valence-corrected chi connectivity index (χ3v) is 10.9. The molecule has 0 N–H and O–H groups in total. The van der Waals surface area contributed by atoms with Crippen molar-refractivity contribution >= 4 is 40.6 Å².